The molecule has 1 aromatic rings. The number of hydrogen-bond donors (Lipinski definition) is 1. The number of aliphatic hydroxyl groups is 1. The van der Waals surface area contributed by atoms with E-state index in [9.17, 15) is 18.3 Å². The Morgan fingerprint density at radius 2 is 1.65 bits per heavy atom. The van der Waals surface area contributed by atoms with Crippen molar-refractivity contribution in [3.05, 3.63) is 35.4 Å². The zero-order chi connectivity index (χ0) is 15.4. The Kier molecular flexibility index (Phi) is 5.59. The quantitative estimate of drug-likeness (QED) is 0.844. The van der Waals surface area contributed by atoms with E-state index in [2.05, 4.69) is 0 Å². The Balaban J connectivity index is 3.29. The Morgan fingerprint density at radius 3 is 2.10 bits per heavy atom. The molecule has 0 spiro atoms. The number of ether oxygens (including phenoxy) is 1. The van der Waals surface area contributed by atoms with Crippen molar-refractivity contribution >= 4 is 0 Å². The van der Waals surface area contributed by atoms with Crippen LogP contribution in [0.5, 0.6) is 0 Å². The van der Waals surface area contributed by atoms with Crippen molar-refractivity contribution in [1.82, 2.24) is 0 Å². The molecule has 5 heteroatoms. The lowest BCUT2D eigenvalue weighted by atomic mass is 9.84. The van der Waals surface area contributed by atoms with E-state index in [0.29, 0.717) is 19.4 Å². The van der Waals surface area contributed by atoms with Crippen LogP contribution in [0.2, 0.25) is 0 Å². The summed E-state index contributed by atoms with van der Waals surface area (Å²) in [6, 6.07) is 5.11. The van der Waals surface area contributed by atoms with Crippen LogP contribution in [0.15, 0.2) is 24.3 Å². The van der Waals surface area contributed by atoms with E-state index in [-0.39, 0.29) is 5.56 Å². The molecule has 0 aliphatic heterocycles. The first-order chi connectivity index (χ1) is 9.32. The van der Waals surface area contributed by atoms with Gasteiger partial charge in [-0.2, -0.15) is 13.2 Å². The van der Waals surface area contributed by atoms with Gasteiger partial charge < -0.3 is 9.84 Å². The third kappa shape index (κ3) is 3.33. The maximum absolute atomic E-state index is 13.0. The molecule has 0 radical (unpaired) electrons. The predicted octanol–water partition coefficient (Wildman–Crippen LogP) is 4.33. The smallest absolute Gasteiger partial charge is 0.385 e. The van der Waals surface area contributed by atoms with Crippen LogP contribution < -0.4 is 0 Å². The van der Waals surface area contributed by atoms with Gasteiger partial charge in [0.25, 0.3) is 0 Å². The van der Waals surface area contributed by atoms with Crippen molar-refractivity contribution in [2.45, 2.75) is 51.5 Å². The summed E-state index contributed by atoms with van der Waals surface area (Å²) in [5, 5.41) is 10.5. The molecule has 20 heavy (non-hydrogen) atoms. The topological polar surface area (TPSA) is 29.5 Å². The molecule has 0 fully saturated rings. The number of rotatable bonds is 6. The van der Waals surface area contributed by atoms with Crippen LogP contribution >= 0.6 is 0 Å². The average molecular weight is 290 g/mol. The van der Waals surface area contributed by atoms with Crippen molar-refractivity contribution in [1.29, 1.82) is 0 Å². The Morgan fingerprint density at radius 1 is 1.10 bits per heavy atom. The van der Waals surface area contributed by atoms with E-state index in [4.69, 9.17) is 4.74 Å². The lowest BCUT2D eigenvalue weighted by Gasteiger charge is -2.37. The summed E-state index contributed by atoms with van der Waals surface area (Å²) in [5.41, 5.74) is -1.92. The minimum atomic E-state index is -4.49. The van der Waals surface area contributed by atoms with Gasteiger partial charge in [0.2, 0.25) is 0 Å². The van der Waals surface area contributed by atoms with Gasteiger partial charge in [-0.05, 0) is 31.4 Å². The van der Waals surface area contributed by atoms with Crippen LogP contribution in [0.1, 0.15) is 50.8 Å². The van der Waals surface area contributed by atoms with Gasteiger partial charge in [-0.1, -0.05) is 32.0 Å². The summed E-state index contributed by atoms with van der Waals surface area (Å²) in [4.78, 5) is 0. The lowest BCUT2D eigenvalue weighted by Crippen LogP contribution is -2.39. The van der Waals surface area contributed by atoms with E-state index in [0.717, 1.165) is 6.07 Å². The van der Waals surface area contributed by atoms with Crippen molar-refractivity contribution < 1.29 is 23.0 Å². The first-order valence-electron chi connectivity index (χ1n) is 6.80. The lowest BCUT2D eigenvalue weighted by molar-refractivity contribution is -0.148. The van der Waals surface area contributed by atoms with Gasteiger partial charge in [0.15, 0.2) is 0 Å². The molecule has 1 N–H and O–H groups in total. The highest BCUT2D eigenvalue weighted by Crippen LogP contribution is 2.41. The fourth-order valence-electron chi connectivity index (χ4n) is 2.48. The summed E-state index contributed by atoms with van der Waals surface area (Å²) in [6.07, 6.45) is -4.93. The summed E-state index contributed by atoms with van der Waals surface area (Å²) >= 11 is 0. The van der Waals surface area contributed by atoms with Gasteiger partial charge in [0.05, 0.1) is 11.2 Å². The maximum Gasteiger partial charge on any atom is 0.416 e. The largest absolute Gasteiger partial charge is 0.416 e. The zero-order valence-corrected chi connectivity index (χ0v) is 12.0. The van der Waals surface area contributed by atoms with Crippen LogP contribution in [0, 0.1) is 0 Å². The third-order valence-corrected chi connectivity index (χ3v) is 3.69. The highest BCUT2D eigenvalue weighted by molar-refractivity contribution is 5.33. The van der Waals surface area contributed by atoms with Gasteiger partial charge in [-0.3, -0.25) is 0 Å². The molecular formula is C15H21F3O2. The standard InChI is InChI=1S/C15H21F3O2/c1-4-14(5-2,20-6-3)13(19)11-9-7-8-10-12(11)15(16,17)18/h7-10,13,19H,4-6H2,1-3H3. The molecule has 0 saturated carbocycles. The number of aliphatic hydroxyl groups excluding tert-OH is 1. The molecule has 0 aromatic heterocycles. The van der Waals surface area contributed by atoms with E-state index in [1.165, 1.54) is 18.2 Å². The van der Waals surface area contributed by atoms with Gasteiger partial charge in [-0.15, -0.1) is 0 Å². The van der Waals surface area contributed by atoms with Gasteiger partial charge in [0.1, 0.15) is 6.10 Å². The second-order valence-electron chi connectivity index (χ2n) is 4.69. The predicted molar refractivity (Wildman–Crippen MR) is 71.3 cm³/mol. The van der Waals surface area contributed by atoms with E-state index < -0.39 is 23.4 Å². The summed E-state index contributed by atoms with van der Waals surface area (Å²) in [6.45, 7) is 5.71. The van der Waals surface area contributed by atoms with Gasteiger partial charge in [0, 0.05) is 6.61 Å². The number of hydrogen-bond acceptors (Lipinski definition) is 2. The fraction of sp³-hybridized carbons (Fsp3) is 0.600. The molecule has 0 bridgehead atoms. The molecular weight excluding hydrogens is 269 g/mol. The third-order valence-electron chi connectivity index (χ3n) is 3.69. The first-order valence-corrected chi connectivity index (χ1v) is 6.80. The van der Waals surface area contributed by atoms with Crippen molar-refractivity contribution in [3.63, 3.8) is 0 Å². The highest BCUT2D eigenvalue weighted by Gasteiger charge is 2.42. The minimum Gasteiger partial charge on any atom is -0.385 e. The van der Waals surface area contributed by atoms with Crippen molar-refractivity contribution in [2.75, 3.05) is 6.61 Å². The number of halogens is 3. The van der Waals surface area contributed by atoms with E-state index >= 15 is 0 Å². The van der Waals surface area contributed by atoms with Crippen LogP contribution in [0.4, 0.5) is 13.2 Å². The first kappa shape index (κ1) is 17.0. The maximum atomic E-state index is 13.0. The van der Waals surface area contributed by atoms with Gasteiger partial charge in [-0.25, -0.2) is 0 Å². The molecule has 0 saturated heterocycles. The molecule has 2 nitrogen and oxygen atoms in total. The molecule has 1 aromatic carbocycles. The molecule has 0 aliphatic rings. The monoisotopic (exact) mass is 290 g/mol. The highest BCUT2D eigenvalue weighted by atomic mass is 19.4. The minimum absolute atomic E-state index is 0.128. The molecule has 0 aliphatic carbocycles. The van der Waals surface area contributed by atoms with Crippen LogP contribution in [0.3, 0.4) is 0 Å². The Labute approximate surface area is 117 Å². The molecule has 1 unspecified atom stereocenters. The summed E-state index contributed by atoms with van der Waals surface area (Å²) in [5.74, 6) is 0. The fourth-order valence-corrected chi connectivity index (χ4v) is 2.48. The Bertz CT molecular complexity index is 425. The number of alkyl halides is 3. The number of benzene rings is 1. The summed E-state index contributed by atoms with van der Waals surface area (Å²) in [7, 11) is 0. The second kappa shape index (κ2) is 6.59. The van der Waals surface area contributed by atoms with Crippen LogP contribution in [-0.4, -0.2) is 17.3 Å². The molecule has 0 heterocycles. The summed E-state index contributed by atoms with van der Waals surface area (Å²) < 4.78 is 44.7. The van der Waals surface area contributed by atoms with Crippen molar-refractivity contribution in [2.24, 2.45) is 0 Å². The van der Waals surface area contributed by atoms with E-state index in [1.807, 2.05) is 0 Å². The average Bonchev–Trinajstić information content (AvgIpc) is 2.43. The molecule has 1 atom stereocenters. The zero-order valence-electron chi connectivity index (χ0n) is 12.0. The molecule has 1 rings (SSSR count). The van der Waals surface area contributed by atoms with Crippen LogP contribution in [0.25, 0.3) is 0 Å². The molecule has 114 valence electrons. The van der Waals surface area contributed by atoms with Gasteiger partial charge >= 0.3 is 6.18 Å². The SMILES string of the molecule is CCOC(CC)(CC)C(O)c1ccccc1C(F)(F)F. The van der Waals surface area contributed by atoms with E-state index in [1.54, 1.807) is 20.8 Å². The second-order valence-corrected chi connectivity index (χ2v) is 4.69. The molecule has 0 amide bonds. The Hall–Kier alpha value is -1.07. The van der Waals surface area contributed by atoms with Crippen molar-refractivity contribution in [3.8, 4) is 0 Å². The normalized spacial score (nSPS) is 14.3. The van der Waals surface area contributed by atoms with Crippen LogP contribution in [-0.2, 0) is 10.9 Å².